The highest BCUT2D eigenvalue weighted by Crippen LogP contribution is 2.10. The van der Waals surface area contributed by atoms with E-state index in [0.29, 0.717) is 0 Å². The number of hydrogen-bond acceptors (Lipinski definition) is 2. The van der Waals surface area contributed by atoms with E-state index in [1.165, 1.54) is 11.1 Å². The summed E-state index contributed by atoms with van der Waals surface area (Å²) < 4.78 is 0. The highest BCUT2D eigenvalue weighted by molar-refractivity contribution is 5.63. The lowest BCUT2D eigenvalue weighted by molar-refractivity contribution is 0.920. The van der Waals surface area contributed by atoms with Crippen LogP contribution in [0, 0.1) is 0 Å². The number of nitrogens with zero attached hydrogens (tertiary/aromatic N) is 1. The Morgan fingerprint density at radius 2 is 2.17 bits per heavy atom. The first-order valence-corrected chi connectivity index (χ1v) is 4.06. The van der Waals surface area contributed by atoms with Crippen molar-refractivity contribution in [3.05, 3.63) is 36.2 Å². The van der Waals surface area contributed by atoms with E-state index in [1.54, 1.807) is 0 Å². The van der Waals surface area contributed by atoms with Crippen molar-refractivity contribution in [1.29, 1.82) is 0 Å². The first-order chi connectivity index (χ1) is 5.84. The molecule has 0 atom stereocenters. The number of hydrogen-bond donors (Lipinski definition) is 1. The van der Waals surface area contributed by atoms with Gasteiger partial charge in [-0.1, -0.05) is 6.08 Å². The van der Waals surface area contributed by atoms with Crippen molar-refractivity contribution in [1.82, 2.24) is 10.3 Å². The molecule has 0 saturated heterocycles. The standard InChI is InChI=1S/C10H14N2/c1-9(3-6-11-2)10-4-7-12-8-5-10/h3-5,7-8,11H,6H2,1-2H3/b9-3-. The topological polar surface area (TPSA) is 24.9 Å². The Morgan fingerprint density at radius 1 is 1.50 bits per heavy atom. The Kier molecular flexibility index (Phi) is 3.48. The second-order valence-electron chi connectivity index (χ2n) is 2.68. The van der Waals surface area contributed by atoms with Gasteiger partial charge in [0.15, 0.2) is 0 Å². The Labute approximate surface area is 73.3 Å². The number of likely N-dealkylation sites (N-methyl/N-ethyl adjacent to an activating group) is 1. The molecule has 2 nitrogen and oxygen atoms in total. The van der Waals surface area contributed by atoms with Crippen LogP contribution in [0.1, 0.15) is 12.5 Å². The predicted molar refractivity (Wildman–Crippen MR) is 51.8 cm³/mol. The van der Waals surface area contributed by atoms with E-state index in [0.717, 1.165) is 6.54 Å². The van der Waals surface area contributed by atoms with Crippen molar-refractivity contribution in [3.8, 4) is 0 Å². The summed E-state index contributed by atoms with van der Waals surface area (Å²) in [7, 11) is 1.94. The third-order valence-electron chi connectivity index (χ3n) is 1.75. The van der Waals surface area contributed by atoms with Gasteiger partial charge in [0.05, 0.1) is 0 Å². The Balaban J connectivity index is 2.71. The molecule has 1 heterocycles. The number of allylic oxidation sites excluding steroid dienone is 1. The van der Waals surface area contributed by atoms with Crippen LogP contribution in [-0.4, -0.2) is 18.6 Å². The molecule has 1 aromatic rings. The third-order valence-corrected chi connectivity index (χ3v) is 1.75. The van der Waals surface area contributed by atoms with Gasteiger partial charge in [-0.3, -0.25) is 4.98 Å². The quantitative estimate of drug-likeness (QED) is 0.731. The molecule has 1 rings (SSSR count). The zero-order chi connectivity index (χ0) is 8.81. The monoisotopic (exact) mass is 162 g/mol. The second kappa shape index (κ2) is 4.67. The summed E-state index contributed by atoms with van der Waals surface area (Å²) in [5, 5.41) is 3.08. The highest BCUT2D eigenvalue weighted by Gasteiger charge is 1.91. The zero-order valence-electron chi connectivity index (χ0n) is 7.54. The van der Waals surface area contributed by atoms with E-state index in [2.05, 4.69) is 23.3 Å². The second-order valence-corrected chi connectivity index (χ2v) is 2.68. The molecule has 0 saturated carbocycles. The van der Waals surface area contributed by atoms with Gasteiger partial charge in [-0.15, -0.1) is 0 Å². The van der Waals surface area contributed by atoms with Gasteiger partial charge in [0.2, 0.25) is 0 Å². The van der Waals surface area contributed by atoms with Crippen LogP contribution in [0.2, 0.25) is 0 Å². The molecule has 0 unspecified atom stereocenters. The molecule has 64 valence electrons. The molecule has 0 aliphatic carbocycles. The average molecular weight is 162 g/mol. The summed E-state index contributed by atoms with van der Waals surface area (Å²) in [5.41, 5.74) is 2.52. The summed E-state index contributed by atoms with van der Waals surface area (Å²) in [4.78, 5) is 3.97. The summed E-state index contributed by atoms with van der Waals surface area (Å²) in [5.74, 6) is 0. The lowest BCUT2D eigenvalue weighted by atomic mass is 10.1. The van der Waals surface area contributed by atoms with Gasteiger partial charge >= 0.3 is 0 Å². The van der Waals surface area contributed by atoms with Gasteiger partial charge < -0.3 is 5.32 Å². The van der Waals surface area contributed by atoms with Crippen LogP contribution < -0.4 is 5.32 Å². The molecule has 0 radical (unpaired) electrons. The minimum absolute atomic E-state index is 0.911. The van der Waals surface area contributed by atoms with Gasteiger partial charge in [0.25, 0.3) is 0 Å². The SMILES string of the molecule is CNC/C=C(/C)c1ccncc1. The first-order valence-electron chi connectivity index (χ1n) is 4.06. The molecule has 0 spiro atoms. The summed E-state index contributed by atoms with van der Waals surface area (Å²) in [6.45, 7) is 3.01. The fourth-order valence-electron chi connectivity index (χ4n) is 0.988. The lowest BCUT2D eigenvalue weighted by Gasteiger charge is -1.99. The van der Waals surface area contributed by atoms with Crippen molar-refractivity contribution in [2.45, 2.75) is 6.92 Å². The first kappa shape index (κ1) is 8.94. The molecule has 1 aromatic heterocycles. The lowest BCUT2D eigenvalue weighted by Crippen LogP contribution is -2.04. The van der Waals surface area contributed by atoms with Crippen molar-refractivity contribution in [2.24, 2.45) is 0 Å². The number of pyridine rings is 1. The van der Waals surface area contributed by atoms with E-state index in [4.69, 9.17) is 0 Å². The van der Waals surface area contributed by atoms with Gasteiger partial charge in [-0.2, -0.15) is 0 Å². The van der Waals surface area contributed by atoms with Crippen molar-refractivity contribution in [2.75, 3.05) is 13.6 Å². The zero-order valence-corrected chi connectivity index (χ0v) is 7.54. The molecule has 0 bridgehead atoms. The molecular formula is C10H14N2. The van der Waals surface area contributed by atoms with Crippen LogP contribution in [0.25, 0.3) is 5.57 Å². The molecule has 0 amide bonds. The van der Waals surface area contributed by atoms with Crippen LogP contribution in [0.4, 0.5) is 0 Å². The maximum atomic E-state index is 3.97. The van der Waals surface area contributed by atoms with E-state index in [1.807, 2.05) is 31.6 Å². The van der Waals surface area contributed by atoms with Crippen molar-refractivity contribution in [3.63, 3.8) is 0 Å². The molecule has 0 fully saturated rings. The Bertz CT molecular complexity index is 252. The number of rotatable bonds is 3. The minimum atomic E-state index is 0.911. The number of aromatic nitrogens is 1. The molecule has 0 aromatic carbocycles. The maximum absolute atomic E-state index is 3.97. The third kappa shape index (κ3) is 2.47. The average Bonchev–Trinajstić information content (AvgIpc) is 2.15. The normalized spacial score (nSPS) is 11.7. The van der Waals surface area contributed by atoms with Crippen LogP contribution in [0.15, 0.2) is 30.6 Å². The van der Waals surface area contributed by atoms with Crippen LogP contribution in [0.5, 0.6) is 0 Å². The molecular weight excluding hydrogens is 148 g/mol. The molecule has 1 N–H and O–H groups in total. The van der Waals surface area contributed by atoms with E-state index < -0.39 is 0 Å². The van der Waals surface area contributed by atoms with E-state index >= 15 is 0 Å². The molecule has 2 heteroatoms. The highest BCUT2D eigenvalue weighted by atomic mass is 14.8. The summed E-state index contributed by atoms with van der Waals surface area (Å²) in [6.07, 6.45) is 5.79. The number of nitrogens with one attached hydrogen (secondary N) is 1. The Hall–Kier alpha value is -1.15. The van der Waals surface area contributed by atoms with Gasteiger partial charge in [-0.25, -0.2) is 0 Å². The largest absolute Gasteiger partial charge is 0.316 e. The summed E-state index contributed by atoms with van der Waals surface area (Å²) in [6, 6.07) is 4.03. The predicted octanol–water partition coefficient (Wildman–Crippen LogP) is 1.70. The van der Waals surface area contributed by atoms with Gasteiger partial charge in [-0.05, 0) is 37.2 Å². The smallest absolute Gasteiger partial charge is 0.0273 e. The van der Waals surface area contributed by atoms with Crippen LogP contribution in [-0.2, 0) is 0 Å². The fraction of sp³-hybridized carbons (Fsp3) is 0.300. The van der Waals surface area contributed by atoms with Crippen LogP contribution >= 0.6 is 0 Å². The molecule has 0 aliphatic heterocycles. The van der Waals surface area contributed by atoms with E-state index in [9.17, 15) is 0 Å². The molecule has 0 aliphatic rings. The van der Waals surface area contributed by atoms with E-state index in [-0.39, 0.29) is 0 Å². The fourth-order valence-corrected chi connectivity index (χ4v) is 0.988. The van der Waals surface area contributed by atoms with Crippen molar-refractivity contribution >= 4 is 5.57 Å². The summed E-state index contributed by atoms with van der Waals surface area (Å²) >= 11 is 0. The minimum Gasteiger partial charge on any atom is -0.316 e. The Morgan fingerprint density at radius 3 is 2.75 bits per heavy atom. The van der Waals surface area contributed by atoms with Gasteiger partial charge in [0, 0.05) is 18.9 Å². The van der Waals surface area contributed by atoms with Gasteiger partial charge in [0.1, 0.15) is 0 Å². The molecule has 12 heavy (non-hydrogen) atoms. The van der Waals surface area contributed by atoms with Crippen molar-refractivity contribution < 1.29 is 0 Å². The maximum Gasteiger partial charge on any atom is 0.0273 e. The van der Waals surface area contributed by atoms with Crippen LogP contribution in [0.3, 0.4) is 0 Å².